The van der Waals surface area contributed by atoms with Crippen molar-refractivity contribution in [2.24, 2.45) is 5.92 Å². The van der Waals surface area contributed by atoms with Gasteiger partial charge in [-0.15, -0.1) is 0 Å². The summed E-state index contributed by atoms with van der Waals surface area (Å²) in [7, 11) is 0. The van der Waals surface area contributed by atoms with Gasteiger partial charge in [-0.3, -0.25) is 0 Å². The number of H-pyrrole nitrogens is 2. The molecule has 0 aliphatic carbocycles. The lowest BCUT2D eigenvalue weighted by molar-refractivity contribution is 0.116. The van der Waals surface area contributed by atoms with Crippen LogP contribution in [0.2, 0.25) is 0 Å². The lowest BCUT2D eigenvalue weighted by Gasteiger charge is -2.33. The van der Waals surface area contributed by atoms with Gasteiger partial charge in [0.05, 0.1) is 17.1 Å². The van der Waals surface area contributed by atoms with Crippen molar-refractivity contribution in [2.45, 2.75) is 31.8 Å². The molecule has 1 aliphatic heterocycles. The lowest BCUT2D eigenvalue weighted by Crippen LogP contribution is -2.37. The normalized spacial score (nSPS) is 19.1. The number of halogens is 1. The first kappa shape index (κ1) is 18.9. The van der Waals surface area contributed by atoms with E-state index in [9.17, 15) is 14.3 Å². The van der Waals surface area contributed by atoms with Crippen LogP contribution in [-0.2, 0) is 6.42 Å². The molecule has 3 N–H and O–H groups in total. The molecule has 0 saturated carbocycles. The van der Waals surface area contributed by atoms with Crippen LogP contribution in [0.3, 0.4) is 0 Å². The van der Waals surface area contributed by atoms with Crippen molar-refractivity contribution in [3.63, 3.8) is 0 Å². The van der Waals surface area contributed by atoms with Crippen LogP contribution in [0.4, 0.5) is 4.39 Å². The van der Waals surface area contributed by atoms with Crippen LogP contribution < -0.4 is 5.69 Å². The van der Waals surface area contributed by atoms with E-state index in [1.165, 1.54) is 24.1 Å². The fourth-order valence-corrected chi connectivity index (χ4v) is 4.26. The van der Waals surface area contributed by atoms with Crippen molar-refractivity contribution in [3.8, 4) is 0 Å². The van der Waals surface area contributed by atoms with Crippen molar-refractivity contribution in [1.82, 2.24) is 14.9 Å². The number of aromatic amines is 2. The van der Waals surface area contributed by atoms with Gasteiger partial charge in [-0.2, -0.15) is 0 Å². The highest BCUT2D eigenvalue weighted by atomic mass is 19.1. The zero-order valence-electron chi connectivity index (χ0n) is 15.8. The third kappa shape index (κ3) is 4.34. The van der Waals surface area contributed by atoms with Gasteiger partial charge in [0.15, 0.2) is 0 Å². The van der Waals surface area contributed by atoms with Crippen LogP contribution in [-0.4, -0.2) is 39.6 Å². The maximum absolute atomic E-state index is 14.3. The van der Waals surface area contributed by atoms with Gasteiger partial charge in [0.25, 0.3) is 0 Å². The first-order valence-corrected chi connectivity index (χ1v) is 9.94. The van der Waals surface area contributed by atoms with Crippen LogP contribution in [0, 0.1) is 11.7 Å². The van der Waals surface area contributed by atoms with Gasteiger partial charge in [-0.05, 0) is 55.8 Å². The molecule has 2 atom stereocenters. The van der Waals surface area contributed by atoms with Crippen molar-refractivity contribution >= 4 is 11.0 Å². The summed E-state index contributed by atoms with van der Waals surface area (Å²) in [5, 5.41) is 10.5. The van der Waals surface area contributed by atoms with Gasteiger partial charge in [-0.25, -0.2) is 9.18 Å². The maximum atomic E-state index is 14.3. The van der Waals surface area contributed by atoms with Gasteiger partial charge >= 0.3 is 5.69 Å². The van der Waals surface area contributed by atoms with E-state index in [-0.39, 0.29) is 11.3 Å². The Bertz CT molecular complexity index is 982. The van der Waals surface area contributed by atoms with Crippen molar-refractivity contribution < 1.29 is 9.50 Å². The average molecular weight is 383 g/mol. The summed E-state index contributed by atoms with van der Waals surface area (Å²) in [6.07, 6.45) is 3.03. The number of hydrogen-bond donors (Lipinski definition) is 3. The van der Waals surface area contributed by atoms with Gasteiger partial charge in [0.1, 0.15) is 5.82 Å². The molecule has 0 spiro atoms. The van der Waals surface area contributed by atoms with Gasteiger partial charge in [-0.1, -0.05) is 30.3 Å². The molecule has 0 amide bonds. The predicted octanol–water partition coefficient (Wildman–Crippen LogP) is 3.37. The topological polar surface area (TPSA) is 72.1 Å². The Morgan fingerprint density at radius 2 is 1.93 bits per heavy atom. The van der Waals surface area contributed by atoms with E-state index in [1.54, 1.807) is 0 Å². The van der Waals surface area contributed by atoms with E-state index < -0.39 is 11.9 Å². The van der Waals surface area contributed by atoms with Crippen molar-refractivity contribution in [3.05, 3.63) is 69.9 Å². The Kier molecular flexibility index (Phi) is 5.59. The summed E-state index contributed by atoms with van der Waals surface area (Å²) in [6, 6.07) is 13.3. The highest BCUT2D eigenvalue weighted by Crippen LogP contribution is 2.26. The molecule has 5 nitrogen and oxygen atoms in total. The number of hydrogen-bond acceptors (Lipinski definition) is 3. The number of imidazole rings is 1. The zero-order valence-corrected chi connectivity index (χ0v) is 15.8. The third-order valence-corrected chi connectivity index (χ3v) is 5.68. The fourth-order valence-electron chi connectivity index (χ4n) is 4.26. The standard InChI is InChI=1S/C22H26FN3O2/c23-18-13-20-19(24-22(28)25-20)12-17(18)21(27)8-10-26-9-4-7-16(14-26)11-15-5-2-1-3-6-15/h1-3,5-6,12-13,16,21,27H,4,7-11,14H2,(H2,24,25,28)/t16-,21?/m0/s1. The molecule has 1 aliphatic rings. The molecule has 1 aromatic heterocycles. The molecule has 4 rings (SSSR count). The lowest BCUT2D eigenvalue weighted by atomic mass is 9.91. The summed E-state index contributed by atoms with van der Waals surface area (Å²) in [5.74, 6) is 0.127. The Balaban J connectivity index is 1.36. The minimum Gasteiger partial charge on any atom is -0.388 e. The summed E-state index contributed by atoms with van der Waals surface area (Å²) in [5.41, 5.74) is 2.16. The Labute approximate surface area is 163 Å². The van der Waals surface area contributed by atoms with Crippen LogP contribution in [0.1, 0.15) is 36.5 Å². The quantitative estimate of drug-likeness (QED) is 0.611. The third-order valence-electron chi connectivity index (χ3n) is 5.68. The summed E-state index contributed by atoms with van der Waals surface area (Å²) >= 11 is 0. The second-order valence-corrected chi connectivity index (χ2v) is 7.80. The predicted molar refractivity (Wildman–Crippen MR) is 108 cm³/mol. The van der Waals surface area contributed by atoms with Crippen LogP contribution in [0.15, 0.2) is 47.3 Å². The molecular formula is C22H26FN3O2. The number of nitrogens with one attached hydrogen (secondary N) is 2. The van der Waals surface area contributed by atoms with Gasteiger partial charge in [0.2, 0.25) is 0 Å². The number of likely N-dealkylation sites (tertiary alicyclic amines) is 1. The van der Waals surface area contributed by atoms with Crippen molar-refractivity contribution in [1.29, 1.82) is 0 Å². The van der Waals surface area contributed by atoms with Crippen LogP contribution in [0.5, 0.6) is 0 Å². The summed E-state index contributed by atoms with van der Waals surface area (Å²) in [4.78, 5) is 18.9. The molecule has 2 heterocycles. The molecule has 0 radical (unpaired) electrons. The number of piperidine rings is 1. The Morgan fingerprint density at radius 1 is 1.18 bits per heavy atom. The monoisotopic (exact) mass is 383 g/mol. The summed E-state index contributed by atoms with van der Waals surface area (Å²) < 4.78 is 14.3. The zero-order chi connectivity index (χ0) is 19.5. The molecule has 148 valence electrons. The highest BCUT2D eigenvalue weighted by molar-refractivity contribution is 5.75. The highest BCUT2D eigenvalue weighted by Gasteiger charge is 2.22. The molecular weight excluding hydrogens is 357 g/mol. The van der Waals surface area contributed by atoms with E-state index in [4.69, 9.17) is 0 Å². The van der Waals surface area contributed by atoms with E-state index in [1.807, 2.05) is 6.07 Å². The van der Waals surface area contributed by atoms with Crippen LogP contribution in [0.25, 0.3) is 11.0 Å². The number of aliphatic hydroxyl groups excluding tert-OH is 1. The van der Waals surface area contributed by atoms with E-state index in [0.29, 0.717) is 23.4 Å². The number of nitrogens with zero attached hydrogens (tertiary/aromatic N) is 1. The summed E-state index contributed by atoms with van der Waals surface area (Å²) in [6.45, 7) is 2.76. The van der Waals surface area contributed by atoms with E-state index in [2.05, 4.69) is 39.1 Å². The number of aromatic nitrogens is 2. The molecule has 0 bridgehead atoms. The van der Waals surface area contributed by atoms with Crippen molar-refractivity contribution in [2.75, 3.05) is 19.6 Å². The molecule has 1 unspecified atom stereocenters. The number of aliphatic hydroxyl groups is 1. The first-order valence-electron chi connectivity index (χ1n) is 9.94. The van der Waals surface area contributed by atoms with E-state index >= 15 is 0 Å². The molecule has 1 fully saturated rings. The minimum absolute atomic E-state index is 0.237. The fraction of sp³-hybridized carbons (Fsp3) is 0.409. The largest absolute Gasteiger partial charge is 0.388 e. The number of rotatable bonds is 6. The average Bonchev–Trinajstić information content (AvgIpc) is 3.05. The molecule has 28 heavy (non-hydrogen) atoms. The second-order valence-electron chi connectivity index (χ2n) is 7.80. The molecule has 6 heteroatoms. The maximum Gasteiger partial charge on any atom is 0.323 e. The Morgan fingerprint density at radius 3 is 2.71 bits per heavy atom. The SMILES string of the molecule is O=c1[nH]c2cc(F)c(C(O)CCN3CCC[C@@H](Cc4ccccc4)C3)cc2[nH]1. The number of benzene rings is 2. The second kappa shape index (κ2) is 8.29. The van der Waals surface area contributed by atoms with Gasteiger partial charge in [0, 0.05) is 18.7 Å². The Hall–Kier alpha value is -2.44. The first-order chi connectivity index (χ1) is 13.6. The van der Waals surface area contributed by atoms with E-state index in [0.717, 1.165) is 32.5 Å². The molecule has 2 aromatic carbocycles. The van der Waals surface area contributed by atoms with Gasteiger partial charge < -0.3 is 20.0 Å². The number of fused-ring (bicyclic) bond motifs is 1. The molecule has 3 aromatic rings. The minimum atomic E-state index is -0.891. The molecule has 1 saturated heterocycles. The van der Waals surface area contributed by atoms with Crippen LogP contribution >= 0.6 is 0 Å². The smallest absolute Gasteiger partial charge is 0.323 e.